The van der Waals surface area contributed by atoms with Crippen LogP contribution in [0.25, 0.3) is 0 Å². The van der Waals surface area contributed by atoms with Gasteiger partial charge in [0.15, 0.2) is 0 Å². The molecule has 0 aromatic heterocycles. The summed E-state index contributed by atoms with van der Waals surface area (Å²) in [5.74, 6) is 0.0955. The molecule has 0 amide bonds. The van der Waals surface area contributed by atoms with E-state index in [0.29, 0.717) is 18.0 Å². The Morgan fingerprint density at radius 1 is 1.50 bits per heavy atom. The van der Waals surface area contributed by atoms with Crippen LogP contribution in [-0.4, -0.2) is 35.8 Å². The minimum Gasteiger partial charge on any atom is -0.506 e. The van der Waals surface area contributed by atoms with Gasteiger partial charge in [-0.1, -0.05) is 17.7 Å². The monoisotopic (exact) mass is 294 g/mol. The zero-order valence-corrected chi connectivity index (χ0v) is 12.1. The number of ether oxygens (including phenoxy) is 1. The minimum atomic E-state index is 0.0955. The maximum Gasteiger partial charge on any atom is 0.134 e. The fourth-order valence-corrected chi connectivity index (χ4v) is 2.63. The number of halogens is 1. The van der Waals surface area contributed by atoms with E-state index in [2.05, 4.69) is 11.0 Å². The molecule has 1 fully saturated rings. The lowest BCUT2D eigenvalue weighted by molar-refractivity contribution is 0.0713. The van der Waals surface area contributed by atoms with Crippen LogP contribution in [0.1, 0.15) is 24.8 Å². The first-order valence-electron chi connectivity index (χ1n) is 6.87. The standard InChI is InChI=1S/C15H19ClN2O2/c16-14-9-12(4-5-15(14)19)10-18(7-2-6-17)11-13-3-1-8-20-13/h4-5,9,13,19H,1-3,7-8,10-11H2. The lowest BCUT2D eigenvalue weighted by atomic mass is 10.1. The first-order valence-corrected chi connectivity index (χ1v) is 7.25. The van der Waals surface area contributed by atoms with Gasteiger partial charge in [-0.05, 0) is 30.5 Å². The first kappa shape index (κ1) is 15.1. The Bertz CT molecular complexity index is 481. The van der Waals surface area contributed by atoms with Gasteiger partial charge >= 0.3 is 0 Å². The lowest BCUT2D eigenvalue weighted by Gasteiger charge is -2.24. The highest BCUT2D eigenvalue weighted by Crippen LogP contribution is 2.24. The molecule has 0 saturated carbocycles. The molecule has 108 valence electrons. The van der Waals surface area contributed by atoms with E-state index in [0.717, 1.165) is 38.1 Å². The van der Waals surface area contributed by atoms with Crippen molar-refractivity contribution in [1.82, 2.24) is 4.90 Å². The summed E-state index contributed by atoms with van der Waals surface area (Å²) in [6.45, 7) is 3.10. The Morgan fingerprint density at radius 2 is 2.35 bits per heavy atom. The van der Waals surface area contributed by atoms with E-state index in [9.17, 15) is 5.11 Å². The summed E-state index contributed by atoms with van der Waals surface area (Å²) in [7, 11) is 0. The fourth-order valence-electron chi connectivity index (χ4n) is 2.43. The molecule has 1 aliphatic heterocycles. The van der Waals surface area contributed by atoms with Gasteiger partial charge in [0.1, 0.15) is 5.75 Å². The second kappa shape index (κ2) is 7.49. The topological polar surface area (TPSA) is 56.5 Å². The van der Waals surface area contributed by atoms with E-state index in [4.69, 9.17) is 21.6 Å². The Hall–Kier alpha value is -1.28. The van der Waals surface area contributed by atoms with Gasteiger partial charge in [-0.15, -0.1) is 0 Å². The van der Waals surface area contributed by atoms with Gasteiger partial charge < -0.3 is 9.84 Å². The molecular formula is C15H19ClN2O2. The molecule has 0 bridgehead atoms. The molecule has 1 heterocycles. The third-order valence-corrected chi connectivity index (χ3v) is 3.75. The van der Waals surface area contributed by atoms with E-state index >= 15 is 0 Å². The molecule has 1 aliphatic rings. The van der Waals surface area contributed by atoms with Crippen LogP contribution in [-0.2, 0) is 11.3 Å². The average Bonchev–Trinajstić information content (AvgIpc) is 2.93. The maximum atomic E-state index is 9.44. The molecule has 1 saturated heterocycles. The zero-order valence-electron chi connectivity index (χ0n) is 11.4. The van der Waals surface area contributed by atoms with Crippen LogP contribution in [0.4, 0.5) is 0 Å². The van der Waals surface area contributed by atoms with Crippen LogP contribution < -0.4 is 0 Å². The summed E-state index contributed by atoms with van der Waals surface area (Å²) >= 11 is 5.93. The number of phenolic OH excluding ortho intramolecular Hbond substituents is 1. The Labute approximate surface area is 124 Å². The Balaban J connectivity index is 1.98. The fraction of sp³-hybridized carbons (Fsp3) is 0.533. The van der Waals surface area contributed by atoms with Crippen molar-refractivity contribution in [2.24, 2.45) is 0 Å². The highest BCUT2D eigenvalue weighted by atomic mass is 35.5. The molecule has 2 rings (SSSR count). The normalized spacial score (nSPS) is 18.4. The molecule has 4 nitrogen and oxygen atoms in total. The number of nitrogens with zero attached hydrogens (tertiary/aromatic N) is 2. The zero-order chi connectivity index (χ0) is 14.4. The molecular weight excluding hydrogens is 276 g/mol. The largest absolute Gasteiger partial charge is 0.506 e. The number of nitriles is 1. The molecule has 1 atom stereocenters. The van der Waals surface area contributed by atoms with Crippen LogP contribution in [0.3, 0.4) is 0 Å². The second-order valence-corrected chi connectivity index (χ2v) is 5.47. The lowest BCUT2D eigenvalue weighted by Crippen LogP contribution is -2.32. The number of benzene rings is 1. The molecule has 20 heavy (non-hydrogen) atoms. The van der Waals surface area contributed by atoms with Crippen LogP contribution >= 0.6 is 11.6 Å². The van der Waals surface area contributed by atoms with Gasteiger partial charge in [0.25, 0.3) is 0 Å². The van der Waals surface area contributed by atoms with E-state index in [1.807, 2.05) is 6.07 Å². The van der Waals surface area contributed by atoms with Crippen molar-refractivity contribution in [3.05, 3.63) is 28.8 Å². The van der Waals surface area contributed by atoms with E-state index in [1.165, 1.54) is 0 Å². The smallest absolute Gasteiger partial charge is 0.134 e. The summed E-state index contributed by atoms with van der Waals surface area (Å²) < 4.78 is 5.65. The van der Waals surface area contributed by atoms with E-state index in [-0.39, 0.29) is 11.9 Å². The van der Waals surface area contributed by atoms with Gasteiger partial charge in [-0.2, -0.15) is 5.26 Å². The van der Waals surface area contributed by atoms with E-state index < -0.39 is 0 Å². The highest BCUT2D eigenvalue weighted by Gasteiger charge is 2.19. The maximum absolute atomic E-state index is 9.44. The number of hydrogen-bond donors (Lipinski definition) is 1. The molecule has 1 unspecified atom stereocenters. The van der Waals surface area contributed by atoms with Crippen LogP contribution in [0, 0.1) is 11.3 Å². The number of phenols is 1. The summed E-state index contributed by atoms with van der Waals surface area (Å²) in [4.78, 5) is 2.21. The SMILES string of the molecule is N#CCCN(Cc1ccc(O)c(Cl)c1)CC1CCCO1. The predicted octanol–water partition coefficient (Wildman–Crippen LogP) is 2.94. The Morgan fingerprint density at radius 3 is 3.00 bits per heavy atom. The van der Waals surface area contributed by atoms with Gasteiger partial charge in [-0.3, -0.25) is 4.90 Å². The van der Waals surface area contributed by atoms with Crippen LogP contribution in [0.5, 0.6) is 5.75 Å². The predicted molar refractivity (Wildman–Crippen MR) is 77.6 cm³/mol. The van der Waals surface area contributed by atoms with Crippen molar-refractivity contribution in [2.75, 3.05) is 19.7 Å². The summed E-state index contributed by atoms with van der Waals surface area (Å²) in [5, 5.41) is 18.6. The summed E-state index contributed by atoms with van der Waals surface area (Å²) in [5.41, 5.74) is 1.03. The minimum absolute atomic E-state index is 0.0955. The molecule has 0 aliphatic carbocycles. The van der Waals surface area contributed by atoms with Crippen molar-refractivity contribution in [2.45, 2.75) is 31.9 Å². The second-order valence-electron chi connectivity index (χ2n) is 5.06. The van der Waals surface area contributed by atoms with Crippen molar-refractivity contribution in [3.63, 3.8) is 0 Å². The van der Waals surface area contributed by atoms with Crippen molar-refractivity contribution < 1.29 is 9.84 Å². The number of aromatic hydroxyl groups is 1. The summed E-state index contributed by atoms with van der Waals surface area (Å²) in [6.07, 6.45) is 2.96. The number of rotatable bonds is 6. The average molecular weight is 295 g/mol. The van der Waals surface area contributed by atoms with Gasteiger partial charge in [-0.25, -0.2) is 0 Å². The van der Waals surface area contributed by atoms with E-state index in [1.54, 1.807) is 12.1 Å². The van der Waals surface area contributed by atoms with Crippen LogP contribution in [0.2, 0.25) is 5.02 Å². The van der Waals surface area contributed by atoms with Gasteiger partial charge in [0.2, 0.25) is 0 Å². The summed E-state index contributed by atoms with van der Waals surface area (Å²) in [6, 6.07) is 7.41. The third-order valence-electron chi connectivity index (χ3n) is 3.44. The molecule has 1 aromatic carbocycles. The molecule has 0 radical (unpaired) electrons. The molecule has 0 spiro atoms. The van der Waals surface area contributed by atoms with Gasteiger partial charge in [0.05, 0.1) is 17.2 Å². The third kappa shape index (κ3) is 4.38. The molecule has 1 N–H and O–H groups in total. The first-order chi connectivity index (χ1) is 9.69. The van der Waals surface area contributed by atoms with Gasteiger partial charge in [0, 0.05) is 32.7 Å². The Kier molecular flexibility index (Phi) is 5.66. The molecule has 1 aromatic rings. The van der Waals surface area contributed by atoms with Crippen molar-refractivity contribution in [1.29, 1.82) is 5.26 Å². The van der Waals surface area contributed by atoms with Crippen LogP contribution in [0.15, 0.2) is 18.2 Å². The molecule has 5 heteroatoms. The highest BCUT2D eigenvalue weighted by molar-refractivity contribution is 6.32. The van der Waals surface area contributed by atoms with Crippen molar-refractivity contribution >= 4 is 11.6 Å². The quantitative estimate of drug-likeness (QED) is 0.876. The van der Waals surface area contributed by atoms with Crippen molar-refractivity contribution in [3.8, 4) is 11.8 Å². The number of hydrogen-bond acceptors (Lipinski definition) is 4.